The van der Waals surface area contributed by atoms with Gasteiger partial charge >= 0.3 is 5.69 Å². The van der Waals surface area contributed by atoms with E-state index < -0.39 is 6.04 Å². The van der Waals surface area contributed by atoms with Crippen molar-refractivity contribution in [2.45, 2.75) is 18.9 Å². The number of aromatic nitrogens is 3. The van der Waals surface area contributed by atoms with E-state index in [4.69, 9.17) is 10.5 Å². The minimum Gasteiger partial charge on any atom is -0.457 e. The third-order valence-corrected chi connectivity index (χ3v) is 5.64. The van der Waals surface area contributed by atoms with Crippen LogP contribution in [-0.2, 0) is 4.79 Å². The molecule has 1 amide bonds. The maximum Gasteiger partial charge on any atom is 0.334 e. The molecule has 9 nitrogen and oxygen atoms in total. The van der Waals surface area contributed by atoms with Crippen LogP contribution in [0.2, 0.25) is 0 Å². The normalized spacial score (nSPS) is 11.8. The maximum absolute atomic E-state index is 13.8. The summed E-state index contributed by atoms with van der Waals surface area (Å²) >= 11 is 0. The number of hydrogen-bond acceptors (Lipinski definition) is 6. The van der Waals surface area contributed by atoms with E-state index in [1.165, 1.54) is 10.6 Å². The number of ether oxygens (including phenoxy) is 1. The number of fused-ring (bicyclic) bond motifs is 1. The highest BCUT2D eigenvalue weighted by Crippen LogP contribution is 2.27. The van der Waals surface area contributed by atoms with Crippen molar-refractivity contribution in [3.63, 3.8) is 0 Å². The van der Waals surface area contributed by atoms with Crippen molar-refractivity contribution < 1.29 is 14.6 Å². The molecule has 180 valence electrons. The van der Waals surface area contributed by atoms with Gasteiger partial charge in [0.05, 0.1) is 17.2 Å². The average Bonchev–Trinajstić information content (AvgIpc) is 3.18. The zero-order valence-corrected chi connectivity index (χ0v) is 19.1. The Kier molecular flexibility index (Phi) is 7.27. The van der Waals surface area contributed by atoms with Gasteiger partial charge in [0, 0.05) is 19.3 Å². The largest absolute Gasteiger partial charge is 0.457 e. The van der Waals surface area contributed by atoms with E-state index in [1.54, 1.807) is 41.1 Å². The van der Waals surface area contributed by atoms with Crippen LogP contribution >= 0.6 is 0 Å². The van der Waals surface area contributed by atoms with Gasteiger partial charge in [-0.05, 0) is 61.4 Å². The number of carbonyl (C=O) groups excluding carboxylic acids is 1. The quantitative estimate of drug-likeness (QED) is 0.304. The highest BCUT2D eigenvalue weighted by atomic mass is 16.5. The fourth-order valence-electron chi connectivity index (χ4n) is 4.01. The van der Waals surface area contributed by atoms with Crippen molar-refractivity contribution in [2.75, 3.05) is 18.9 Å². The van der Waals surface area contributed by atoms with Gasteiger partial charge in [-0.2, -0.15) is 0 Å². The topological polar surface area (TPSA) is 124 Å². The molecule has 1 atom stereocenters. The molecule has 0 aliphatic heterocycles. The summed E-state index contributed by atoms with van der Waals surface area (Å²) in [5, 5.41) is 12.1. The molecule has 0 radical (unpaired) electrons. The number of para-hydroxylation sites is 1. The van der Waals surface area contributed by atoms with E-state index in [-0.39, 0.29) is 30.6 Å². The minimum atomic E-state index is -0.412. The summed E-state index contributed by atoms with van der Waals surface area (Å²) in [6.07, 6.45) is 3.65. The molecule has 2 aromatic carbocycles. The smallest absolute Gasteiger partial charge is 0.334 e. The van der Waals surface area contributed by atoms with Gasteiger partial charge < -0.3 is 20.9 Å². The number of nitrogens with two attached hydrogens (primary N) is 1. The van der Waals surface area contributed by atoms with Crippen LogP contribution in [-0.4, -0.2) is 38.3 Å². The molecule has 0 saturated carbocycles. The number of rotatable bonds is 10. The zero-order valence-electron chi connectivity index (χ0n) is 19.1. The second-order valence-corrected chi connectivity index (χ2v) is 7.93. The Balaban J connectivity index is 1.77. The minimum absolute atomic E-state index is 0.0358. The molecule has 4 aromatic rings. The first-order chi connectivity index (χ1) is 17.0. The van der Waals surface area contributed by atoms with Gasteiger partial charge in [-0.1, -0.05) is 24.8 Å². The van der Waals surface area contributed by atoms with Crippen molar-refractivity contribution in [3.05, 3.63) is 90.0 Å². The Morgan fingerprint density at radius 1 is 1.14 bits per heavy atom. The lowest BCUT2D eigenvalue weighted by molar-refractivity contribution is -0.116. The van der Waals surface area contributed by atoms with Crippen molar-refractivity contribution >= 4 is 22.8 Å². The molecule has 0 saturated heterocycles. The number of carbonyl (C=O) groups is 1. The number of pyridine rings is 1. The van der Waals surface area contributed by atoms with Crippen molar-refractivity contribution in [2.24, 2.45) is 0 Å². The third-order valence-electron chi connectivity index (χ3n) is 5.64. The van der Waals surface area contributed by atoms with Crippen LogP contribution in [0.3, 0.4) is 0 Å². The van der Waals surface area contributed by atoms with Gasteiger partial charge in [0.15, 0.2) is 0 Å². The monoisotopic (exact) mass is 473 g/mol. The van der Waals surface area contributed by atoms with Gasteiger partial charge in [-0.15, -0.1) is 0 Å². The second kappa shape index (κ2) is 10.7. The number of benzene rings is 2. The van der Waals surface area contributed by atoms with Crippen LogP contribution < -0.4 is 21.5 Å². The van der Waals surface area contributed by atoms with E-state index in [0.717, 1.165) is 0 Å². The molecular formula is C26H27N5O4. The first-order valence-electron chi connectivity index (χ1n) is 11.3. The third kappa shape index (κ3) is 5.10. The predicted octanol–water partition coefficient (Wildman–Crippen LogP) is 3.18. The van der Waals surface area contributed by atoms with Crippen LogP contribution in [0.4, 0.5) is 5.82 Å². The zero-order chi connectivity index (χ0) is 24.8. The highest BCUT2D eigenvalue weighted by molar-refractivity contribution is 5.88. The van der Waals surface area contributed by atoms with E-state index in [0.29, 0.717) is 41.1 Å². The van der Waals surface area contributed by atoms with Crippen LogP contribution in [0.25, 0.3) is 16.7 Å². The molecule has 4 rings (SSSR count). The van der Waals surface area contributed by atoms with Crippen molar-refractivity contribution in [3.8, 4) is 17.2 Å². The Morgan fingerprint density at radius 3 is 2.54 bits per heavy atom. The lowest BCUT2D eigenvalue weighted by Crippen LogP contribution is -2.35. The Hall–Kier alpha value is -4.37. The molecule has 9 heteroatoms. The fraction of sp³-hybridized carbons (Fsp3) is 0.192. The van der Waals surface area contributed by atoms with Gasteiger partial charge in [-0.3, -0.25) is 13.9 Å². The highest BCUT2D eigenvalue weighted by Gasteiger charge is 2.23. The van der Waals surface area contributed by atoms with E-state index >= 15 is 0 Å². The molecule has 0 aliphatic rings. The van der Waals surface area contributed by atoms with Crippen LogP contribution in [0.1, 0.15) is 18.9 Å². The van der Waals surface area contributed by atoms with Gasteiger partial charge in [-0.25, -0.2) is 9.78 Å². The molecule has 0 fully saturated rings. The molecule has 1 unspecified atom stereocenters. The van der Waals surface area contributed by atoms with Gasteiger partial charge in [0.25, 0.3) is 0 Å². The molecule has 35 heavy (non-hydrogen) atoms. The standard InChI is InChI=1S/C26H27N5O4/c1-2-23(33)29-17-19(7-6-16-32)30-22-14-15-28-25(27)24(22)31(26(30)34)18-10-12-21(13-11-18)35-20-8-4-3-5-9-20/h2-5,8-15,19,32H,1,6-7,16-17H2,(H2,27,28)(H,29,33). The van der Waals surface area contributed by atoms with Crippen LogP contribution in [0, 0.1) is 0 Å². The van der Waals surface area contributed by atoms with Gasteiger partial charge in [0.1, 0.15) is 22.8 Å². The molecule has 2 heterocycles. The first kappa shape index (κ1) is 23.8. The lowest BCUT2D eigenvalue weighted by Gasteiger charge is -2.19. The Labute approximate surface area is 202 Å². The number of nitrogens with one attached hydrogen (secondary N) is 1. The van der Waals surface area contributed by atoms with Crippen LogP contribution in [0.15, 0.2) is 84.3 Å². The second-order valence-electron chi connectivity index (χ2n) is 7.93. The van der Waals surface area contributed by atoms with E-state index in [1.807, 2.05) is 30.3 Å². The Bertz CT molecular complexity index is 1380. The number of nitrogens with zero attached hydrogens (tertiary/aromatic N) is 3. The summed E-state index contributed by atoms with van der Waals surface area (Å²) in [5.41, 5.74) is 7.54. The predicted molar refractivity (Wildman–Crippen MR) is 135 cm³/mol. The number of hydrogen-bond donors (Lipinski definition) is 3. The molecule has 2 aromatic heterocycles. The summed E-state index contributed by atoms with van der Waals surface area (Å²) in [6, 6.07) is 17.8. The van der Waals surface area contributed by atoms with Crippen LogP contribution in [0.5, 0.6) is 11.5 Å². The number of aliphatic hydroxyl groups is 1. The lowest BCUT2D eigenvalue weighted by atomic mass is 10.1. The maximum atomic E-state index is 13.8. The first-order valence-corrected chi connectivity index (χ1v) is 11.3. The Morgan fingerprint density at radius 2 is 1.86 bits per heavy atom. The van der Waals surface area contributed by atoms with Crippen molar-refractivity contribution in [1.29, 1.82) is 0 Å². The number of imidazole rings is 1. The van der Waals surface area contributed by atoms with E-state index in [9.17, 15) is 14.7 Å². The molecular weight excluding hydrogens is 446 g/mol. The SMILES string of the molecule is C=CC(=O)NCC(CCCO)n1c(=O)n(-c2ccc(Oc3ccccc3)cc2)c2c(N)nccc21. The summed E-state index contributed by atoms with van der Waals surface area (Å²) in [6.45, 7) is 3.62. The summed E-state index contributed by atoms with van der Waals surface area (Å²) in [7, 11) is 0. The fourth-order valence-corrected chi connectivity index (χ4v) is 4.01. The molecule has 0 bridgehead atoms. The number of anilines is 1. The average molecular weight is 474 g/mol. The molecule has 0 aliphatic carbocycles. The molecule has 4 N–H and O–H groups in total. The van der Waals surface area contributed by atoms with Gasteiger partial charge in [0.2, 0.25) is 5.91 Å². The molecule has 0 spiro atoms. The number of aliphatic hydroxyl groups excluding tert-OH is 1. The summed E-state index contributed by atoms with van der Waals surface area (Å²) < 4.78 is 8.96. The van der Waals surface area contributed by atoms with Crippen molar-refractivity contribution in [1.82, 2.24) is 19.4 Å². The van der Waals surface area contributed by atoms with E-state index in [2.05, 4.69) is 16.9 Å². The number of amides is 1. The summed E-state index contributed by atoms with van der Waals surface area (Å²) in [5.74, 6) is 1.19. The summed E-state index contributed by atoms with van der Waals surface area (Å²) in [4.78, 5) is 29.7. The number of nitrogen functional groups attached to an aromatic ring is 1.